The number of ether oxygens (including phenoxy) is 1. The quantitative estimate of drug-likeness (QED) is 0.677. The smallest absolute Gasteiger partial charge is 0.222 e. The highest BCUT2D eigenvalue weighted by Gasteiger charge is 2.38. The number of halogens is 1. The first-order valence-corrected chi connectivity index (χ1v) is 10.3. The number of carbonyl (C=O) groups is 2. The summed E-state index contributed by atoms with van der Waals surface area (Å²) >= 11 is 5.91. The summed E-state index contributed by atoms with van der Waals surface area (Å²) in [6, 6.07) is 9.01. The Morgan fingerprint density at radius 2 is 1.93 bits per heavy atom. The van der Waals surface area contributed by atoms with Crippen molar-refractivity contribution in [3.05, 3.63) is 47.7 Å². The number of hydrogen-bond donors (Lipinski definition) is 1. The molecule has 1 aromatic carbocycles. The number of hydrogen-bond acceptors (Lipinski definition) is 4. The van der Waals surface area contributed by atoms with Gasteiger partial charge in [-0.25, -0.2) is 0 Å². The fourth-order valence-corrected chi connectivity index (χ4v) is 3.85. The van der Waals surface area contributed by atoms with Crippen LogP contribution in [0.5, 0.6) is 5.75 Å². The number of amides is 2. The van der Waals surface area contributed by atoms with Crippen LogP contribution in [0.4, 0.5) is 0 Å². The molecule has 2 heterocycles. The molecule has 1 aromatic heterocycles. The van der Waals surface area contributed by atoms with E-state index in [1.54, 1.807) is 30.5 Å². The zero-order valence-electron chi connectivity index (χ0n) is 16.4. The van der Waals surface area contributed by atoms with Gasteiger partial charge in [0.15, 0.2) is 0 Å². The second-order valence-electron chi connectivity index (χ2n) is 7.64. The lowest BCUT2D eigenvalue weighted by atomic mass is 9.76. The summed E-state index contributed by atoms with van der Waals surface area (Å²) in [5.41, 5.74) is 5.15. The molecule has 7 nitrogen and oxygen atoms in total. The molecule has 0 unspecified atom stereocenters. The first-order valence-electron chi connectivity index (χ1n) is 9.88. The van der Waals surface area contributed by atoms with E-state index in [0.717, 1.165) is 13.0 Å². The van der Waals surface area contributed by atoms with Crippen LogP contribution in [-0.4, -0.2) is 46.2 Å². The minimum Gasteiger partial charge on any atom is -0.493 e. The minimum absolute atomic E-state index is 0.142. The average molecular weight is 419 g/mol. The van der Waals surface area contributed by atoms with Crippen molar-refractivity contribution in [1.29, 1.82) is 0 Å². The molecule has 156 valence electrons. The van der Waals surface area contributed by atoms with Crippen molar-refractivity contribution in [3.8, 4) is 5.75 Å². The number of likely N-dealkylation sites (tertiary alicyclic amines) is 1. The number of rotatable bonds is 9. The molecule has 0 radical (unpaired) electrons. The highest BCUT2D eigenvalue weighted by Crippen LogP contribution is 2.36. The lowest BCUT2D eigenvalue weighted by Gasteiger charge is -2.41. The minimum atomic E-state index is -0.350. The van der Waals surface area contributed by atoms with Gasteiger partial charge in [-0.2, -0.15) is 5.10 Å². The standard InChI is InChI=1S/C21H27ClN4O3/c22-17-4-6-18(7-5-17)29-16-21(15-19(23)27)8-13-25(14-9-21)20(28)3-1-11-26-12-2-10-24-26/h2,4-7,10,12H,1,3,8-9,11,13-16H2,(H2,23,27). The second kappa shape index (κ2) is 9.78. The predicted molar refractivity (Wildman–Crippen MR) is 110 cm³/mol. The van der Waals surface area contributed by atoms with Crippen LogP contribution in [0.3, 0.4) is 0 Å². The van der Waals surface area contributed by atoms with Gasteiger partial charge in [-0.1, -0.05) is 11.6 Å². The number of primary amides is 1. The molecule has 0 aliphatic carbocycles. The van der Waals surface area contributed by atoms with E-state index in [1.807, 2.05) is 21.8 Å². The van der Waals surface area contributed by atoms with Gasteiger partial charge in [-0.3, -0.25) is 14.3 Å². The highest BCUT2D eigenvalue weighted by atomic mass is 35.5. The summed E-state index contributed by atoms with van der Waals surface area (Å²) in [6.45, 7) is 2.34. The summed E-state index contributed by atoms with van der Waals surface area (Å²) in [7, 11) is 0. The van der Waals surface area contributed by atoms with Crippen LogP contribution in [0.25, 0.3) is 0 Å². The van der Waals surface area contributed by atoms with Crippen LogP contribution >= 0.6 is 11.6 Å². The van der Waals surface area contributed by atoms with Gasteiger partial charge < -0.3 is 15.4 Å². The fourth-order valence-electron chi connectivity index (χ4n) is 3.72. The number of carbonyl (C=O) groups excluding carboxylic acids is 2. The maximum atomic E-state index is 12.5. The topological polar surface area (TPSA) is 90.5 Å². The Morgan fingerprint density at radius 3 is 2.55 bits per heavy atom. The van der Waals surface area contributed by atoms with E-state index < -0.39 is 0 Å². The van der Waals surface area contributed by atoms with Gasteiger partial charge in [0.05, 0.1) is 6.61 Å². The molecule has 1 aliphatic heterocycles. The largest absolute Gasteiger partial charge is 0.493 e. The first kappa shape index (κ1) is 21.2. The summed E-state index contributed by atoms with van der Waals surface area (Å²) in [5, 5.41) is 4.79. The molecule has 1 fully saturated rings. The van der Waals surface area contributed by atoms with Crippen molar-refractivity contribution < 1.29 is 14.3 Å². The number of aryl methyl sites for hydroxylation is 1. The van der Waals surface area contributed by atoms with Crippen LogP contribution in [0, 0.1) is 5.41 Å². The molecule has 29 heavy (non-hydrogen) atoms. The van der Waals surface area contributed by atoms with E-state index in [1.165, 1.54) is 0 Å². The number of aromatic nitrogens is 2. The Kier molecular flexibility index (Phi) is 7.14. The molecular weight excluding hydrogens is 392 g/mol. The zero-order chi connectivity index (χ0) is 20.7. The van der Waals surface area contributed by atoms with Gasteiger partial charge in [-0.15, -0.1) is 0 Å². The summed E-state index contributed by atoms with van der Waals surface area (Å²) < 4.78 is 7.76. The Labute approximate surface area is 175 Å². The summed E-state index contributed by atoms with van der Waals surface area (Å²) in [5.74, 6) is 0.502. The highest BCUT2D eigenvalue weighted by molar-refractivity contribution is 6.30. The Hall–Kier alpha value is -2.54. The van der Waals surface area contributed by atoms with Crippen LogP contribution < -0.4 is 10.5 Å². The SMILES string of the molecule is NC(=O)CC1(COc2ccc(Cl)cc2)CCN(C(=O)CCCn2cccn2)CC1. The van der Waals surface area contributed by atoms with E-state index in [-0.39, 0.29) is 23.7 Å². The molecule has 0 atom stereocenters. The zero-order valence-corrected chi connectivity index (χ0v) is 17.2. The van der Waals surface area contributed by atoms with Crippen molar-refractivity contribution in [2.24, 2.45) is 11.1 Å². The number of piperidine rings is 1. The lowest BCUT2D eigenvalue weighted by Crippen LogP contribution is -2.47. The molecule has 0 spiro atoms. The van der Waals surface area contributed by atoms with Gasteiger partial charge in [0, 0.05) is 55.3 Å². The maximum Gasteiger partial charge on any atom is 0.222 e. The molecule has 2 amide bonds. The molecule has 1 aliphatic rings. The Balaban J connectivity index is 1.50. The summed E-state index contributed by atoms with van der Waals surface area (Å²) in [6.07, 6.45) is 6.50. The van der Waals surface area contributed by atoms with Crippen LogP contribution in [0.2, 0.25) is 5.02 Å². The summed E-state index contributed by atoms with van der Waals surface area (Å²) in [4.78, 5) is 26.1. The fraction of sp³-hybridized carbons (Fsp3) is 0.476. The molecule has 0 bridgehead atoms. The third kappa shape index (κ3) is 6.22. The monoisotopic (exact) mass is 418 g/mol. The van der Waals surface area contributed by atoms with E-state index in [2.05, 4.69) is 5.10 Å². The van der Waals surface area contributed by atoms with Crippen molar-refractivity contribution >= 4 is 23.4 Å². The molecule has 2 aromatic rings. The van der Waals surface area contributed by atoms with Gasteiger partial charge >= 0.3 is 0 Å². The van der Waals surface area contributed by atoms with Crippen LogP contribution in [0.15, 0.2) is 42.7 Å². The second-order valence-corrected chi connectivity index (χ2v) is 8.08. The number of nitrogens with zero attached hydrogens (tertiary/aromatic N) is 3. The van der Waals surface area contributed by atoms with Crippen molar-refractivity contribution in [2.45, 2.75) is 38.6 Å². The van der Waals surface area contributed by atoms with Crippen LogP contribution in [0.1, 0.15) is 32.1 Å². The normalized spacial score (nSPS) is 15.8. The van der Waals surface area contributed by atoms with Crippen molar-refractivity contribution in [1.82, 2.24) is 14.7 Å². The van der Waals surface area contributed by atoms with Gasteiger partial charge in [0.25, 0.3) is 0 Å². The van der Waals surface area contributed by atoms with E-state index >= 15 is 0 Å². The molecule has 0 saturated carbocycles. The molecule has 1 saturated heterocycles. The number of benzene rings is 1. The first-order chi connectivity index (χ1) is 14.0. The Bertz CT molecular complexity index is 800. The maximum absolute atomic E-state index is 12.5. The molecule has 8 heteroatoms. The predicted octanol–water partition coefficient (Wildman–Crippen LogP) is 2.88. The average Bonchev–Trinajstić information content (AvgIpc) is 3.21. The Morgan fingerprint density at radius 1 is 1.21 bits per heavy atom. The van der Waals surface area contributed by atoms with Gasteiger partial charge in [0.2, 0.25) is 11.8 Å². The van der Waals surface area contributed by atoms with Gasteiger partial charge in [0.1, 0.15) is 5.75 Å². The lowest BCUT2D eigenvalue weighted by molar-refractivity contribution is -0.134. The molecular formula is C21H27ClN4O3. The van der Waals surface area contributed by atoms with Crippen LogP contribution in [-0.2, 0) is 16.1 Å². The number of nitrogens with two attached hydrogens (primary N) is 1. The van der Waals surface area contributed by atoms with Gasteiger partial charge in [-0.05, 0) is 49.6 Å². The molecule has 2 N–H and O–H groups in total. The third-order valence-electron chi connectivity index (χ3n) is 5.42. The van der Waals surface area contributed by atoms with E-state index in [0.29, 0.717) is 49.7 Å². The molecule has 3 rings (SSSR count). The third-order valence-corrected chi connectivity index (χ3v) is 5.67. The van der Waals surface area contributed by atoms with E-state index in [4.69, 9.17) is 22.1 Å². The van der Waals surface area contributed by atoms with Crippen molar-refractivity contribution in [3.63, 3.8) is 0 Å². The van der Waals surface area contributed by atoms with E-state index in [9.17, 15) is 9.59 Å². The van der Waals surface area contributed by atoms with Crippen molar-refractivity contribution in [2.75, 3.05) is 19.7 Å².